The molecule has 8 aromatic rings. The molecule has 3 heterocycles. The van der Waals surface area contributed by atoms with Crippen molar-refractivity contribution in [1.29, 1.82) is 0 Å². The van der Waals surface area contributed by atoms with Crippen LogP contribution in [0.1, 0.15) is 5.56 Å². The first-order chi connectivity index (χ1) is 24.1. The molecule has 9 rings (SSSR count). The third kappa shape index (κ3) is 4.89. The van der Waals surface area contributed by atoms with Crippen LogP contribution in [0.2, 0.25) is 0 Å². The van der Waals surface area contributed by atoms with Crippen molar-refractivity contribution in [3.05, 3.63) is 169 Å². The molecule has 0 N–H and O–H groups in total. The molecule has 0 saturated carbocycles. The molecule has 0 atom stereocenters. The van der Waals surface area contributed by atoms with E-state index in [1.54, 1.807) is 5.06 Å². The van der Waals surface area contributed by atoms with Crippen molar-refractivity contribution < 1.29 is 4.94 Å². The van der Waals surface area contributed by atoms with E-state index >= 15 is 0 Å². The first-order valence-corrected chi connectivity index (χ1v) is 16.5. The number of hydrogen-bond acceptors (Lipinski definition) is 5. The van der Waals surface area contributed by atoms with Crippen molar-refractivity contribution in [2.75, 3.05) is 22.1 Å². The Morgan fingerprint density at radius 2 is 1.29 bits per heavy atom. The van der Waals surface area contributed by atoms with Crippen LogP contribution in [-0.2, 0) is 4.94 Å². The van der Waals surface area contributed by atoms with Gasteiger partial charge in [0.05, 0.1) is 28.1 Å². The first-order valence-electron chi connectivity index (χ1n) is 16.5. The molecule has 0 bridgehead atoms. The van der Waals surface area contributed by atoms with Gasteiger partial charge in [0, 0.05) is 41.1 Å². The number of anilines is 6. The third-order valence-electron chi connectivity index (χ3n) is 9.33. The zero-order valence-corrected chi connectivity index (χ0v) is 27.2. The molecule has 0 fully saturated rings. The van der Waals surface area contributed by atoms with Gasteiger partial charge in [-0.15, -0.1) is 4.94 Å². The quantitative estimate of drug-likeness (QED) is 0.182. The van der Waals surface area contributed by atoms with Crippen LogP contribution < -0.4 is 15.0 Å². The summed E-state index contributed by atoms with van der Waals surface area (Å²) in [6.45, 7) is 2.15. The summed E-state index contributed by atoms with van der Waals surface area (Å²) >= 11 is 0. The summed E-state index contributed by atoms with van der Waals surface area (Å²) in [4.78, 5) is 13.4. The van der Waals surface area contributed by atoms with Crippen LogP contribution in [0.15, 0.2) is 164 Å². The number of para-hydroxylation sites is 4. The van der Waals surface area contributed by atoms with E-state index in [2.05, 4.69) is 162 Å². The van der Waals surface area contributed by atoms with Crippen LogP contribution in [0.5, 0.6) is 0 Å². The Kier molecular flexibility index (Phi) is 6.88. The fourth-order valence-electron chi connectivity index (χ4n) is 7.03. The topological polar surface area (TPSA) is 36.8 Å². The van der Waals surface area contributed by atoms with E-state index in [0.29, 0.717) is 0 Å². The van der Waals surface area contributed by atoms with E-state index in [1.807, 2.05) is 30.4 Å². The van der Waals surface area contributed by atoms with Gasteiger partial charge in [-0.2, -0.15) is 5.06 Å². The van der Waals surface area contributed by atoms with Gasteiger partial charge in [0.25, 0.3) is 0 Å². The number of nitrogens with zero attached hydrogens (tertiary/aromatic N) is 5. The summed E-state index contributed by atoms with van der Waals surface area (Å²) in [6.07, 6.45) is 1.92. The Morgan fingerprint density at radius 3 is 2.16 bits per heavy atom. The van der Waals surface area contributed by atoms with Crippen LogP contribution in [-0.4, -0.2) is 16.6 Å². The Bertz CT molecular complexity index is 2490. The highest BCUT2D eigenvalue weighted by Crippen LogP contribution is 2.44. The monoisotopic (exact) mass is 635 g/mol. The lowest BCUT2D eigenvalue weighted by molar-refractivity contribution is 0.142. The van der Waals surface area contributed by atoms with Crippen molar-refractivity contribution in [1.82, 2.24) is 9.55 Å². The molecule has 0 saturated heterocycles. The molecular formula is C43H33N5O. The second kappa shape index (κ2) is 11.7. The maximum atomic E-state index is 6.21. The zero-order valence-electron chi connectivity index (χ0n) is 27.2. The van der Waals surface area contributed by atoms with Gasteiger partial charge < -0.3 is 4.90 Å². The van der Waals surface area contributed by atoms with Crippen LogP contribution in [0.3, 0.4) is 0 Å². The van der Waals surface area contributed by atoms with Gasteiger partial charge in [-0.1, -0.05) is 84.9 Å². The number of aromatic nitrogens is 2. The maximum Gasteiger partial charge on any atom is 0.138 e. The largest absolute Gasteiger partial charge is 0.310 e. The molecule has 49 heavy (non-hydrogen) atoms. The summed E-state index contributed by atoms with van der Waals surface area (Å²) in [6, 6.07) is 55.3. The SMILES string of the molecule is Cc1ccccc1-c1ccnc(-n2c3ccccc3c3ccc(N(c4ccccc4)c4cccc(N5ON(C)c6ccccc65)c4)cc32)c1. The number of hydroxylamine groups is 1. The van der Waals surface area contributed by atoms with Gasteiger partial charge >= 0.3 is 0 Å². The molecule has 236 valence electrons. The summed E-state index contributed by atoms with van der Waals surface area (Å²) in [7, 11) is 1.93. The van der Waals surface area contributed by atoms with Gasteiger partial charge in [0.2, 0.25) is 0 Å². The molecule has 0 spiro atoms. The summed E-state index contributed by atoms with van der Waals surface area (Å²) < 4.78 is 2.29. The smallest absolute Gasteiger partial charge is 0.138 e. The van der Waals surface area contributed by atoms with Crippen molar-refractivity contribution >= 4 is 55.9 Å². The fraction of sp³-hybridized carbons (Fsp3) is 0.0465. The van der Waals surface area contributed by atoms with Gasteiger partial charge in [-0.05, 0) is 96.4 Å². The molecule has 6 heteroatoms. The molecule has 1 aliphatic heterocycles. The number of aryl methyl sites for hydroxylation is 1. The summed E-state index contributed by atoms with van der Waals surface area (Å²) in [5.74, 6) is 0.881. The van der Waals surface area contributed by atoms with E-state index in [9.17, 15) is 0 Å². The molecule has 6 aromatic carbocycles. The zero-order chi connectivity index (χ0) is 32.9. The lowest BCUT2D eigenvalue weighted by Gasteiger charge is -2.27. The van der Waals surface area contributed by atoms with Gasteiger partial charge in [-0.25, -0.2) is 10.0 Å². The van der Waals surface area contributed by atoms with Crippen LogP contribution in [0.25, 0.3) is 38.8 Å². The number of rotatable bonds is 6. The Balaban J connectivity index is 1.22. The van der Waals surface area contributed by atoms with Crippen molar-refractivity contribution in [3.63, 3.8) is 0 Å². The first kappa shape index (κ1) is 28.8. The normalized spacial score (nSPS) is 12.5. The van der Waals surface area contributed by atoms with E-state index in [0.717, 1.165) is 56.5 Å². The average molecular weight is 636 g/mol. The van der Waals surface area contributed by atoms with E-state index < -0.39 is 0 Å². The lowest BCUT2D eigenvalue weighted by Crippen LogP contribution is -2.21. The van der Waals surface area contributed by atoms with Crippen LogP contribution in [0.4, 0.5) is 34.1 Å². The lowest BCUT2D eigenvalue weighted by atomic mass is 10.0. The Hall–Kier alpha value is -6.37. The number of benzene rings is 6. The van der Waals surface area contributed by atoms with Crippen molar-refractivity contribution in [3.8, 4) is 16.9 Å². The summed E-state index contributed by atoms with van der Waals surface area (Å²) in [5.41, 5.74) is 11.8. The van der Waals surface area contributed by atoms with Crippen molar-refractivity contribution in [2.45, 2.75) is 6.92 Å². The Morgan fingerprint density at radius 1 is 0.571 bits per heavy atom. The van der Waals surface area contributed by atoms with Crippen molar-refractivity contribution in [2.24, 2.45) is 0 Å². The van der Waals surface area contributed by atoms with Gasteiger partial charge in [0.1, 0.15) is 5.82 Å². The number of pyridine rings is 1. The predicted octanol–water partition coefficient (Wildman–Crippen LogP) is 11.1. The molecular weight excluding hydrogens is 603 g/mol. The minimum atomic E-state index is 0.881. The fourth-order valence-corrected chi connectivity index (χ4v) is 7.03. The molecule has 0 aliphatic carbocycles. The molecule has 2 aromatic heterocycles. The van der Waals surface area contributed by atoms with Crippen LogP contribution >= 0.6 is 0 Å². The standard InChI is InChI=1S/C43H33N5O/c1-30-13-6-7-18-36(30)31-25-26-44-43(27-31)47-39-20-9-8-19-37(39)38-24-23-34(29-42(38)47)46(32-14-4-3-5-15-32)33-16-12-17-35(28-33)48-41-22-11-10-21-40(41)45(2)49-48/h3-29H,1-2H3. The minimum Gasteiger partial charge on any atom is -0.310 e. The third-order valence-corrected chi connectivity index (χ3v) is 9.33. The average Bonchev–Trinajstić information content (AvgIpc) is 3.67. The molecule has 0 amide bonds. The Labute approximate surface area is 285 Å². The highest BCUT2D eigenvalue weighted by atomic mass is 16.8. The molecule has 0 radical (unpaired) electrons. The maximum absolute atomic E-state index is 6.21. The molecule has 6 nitrogen and oxygen atoms in total. The van der Waals surface area contributed by atoms with E-state index in [1.165, 1.54) is 21.9 Å². The second-order valence-corrected chi connectivity index (χ2v) is 12.3. The number of hydrogen-bond donors (Lipinski definition) is 0. The van der Waals surface area contributed by atoms with Gasteiger partial charge in [0.15, 0.2) is 0 Å². The predicted molar refractivity (Wildman–Crippen MR) is 202 cm³/mol. The van der Waals surface area contributed by atoms with Gasteiger partial charge in [-0.3, -0.25) is 4.57 Å². The number of fused-ring (bicyclic) bond motifs is 4. The molecule has 0 unspecified atom stereocenters. The highest BCUT2D eigenvalue weighted by Gasteiger charge is 2.27. The minimum absolute atomic E-state index is 0.881. The highest BCUT2D eigenvalue weighted by molar-refractivity contribution is 6.10. The molecule has 1 aliphatic rings. The van der Waals surface area contributed by atoms with E-state index in [-0.39, 0.29) is 0 Å². The summed E-state index contributed by atoms with van der Waals surface area (Å²) in [5, 5.41) is 6.05. The van der Waals surface area contributed by atoms with Crippen LogP contribution in [0, 0.1) is 6.92 Å². The second-order valence-electron chi connectivity index (χ2n) is 12.3. The van der Waals surface area contributed by atoms with E-state index in [4.69, 9.17) is 9.92 Å².